The van der Waals surface area contributed by atoms with Crippen molar-refractivity contribution < 1.29 is 57.8 Å². The molecular weight excluding hydrogens is 692 g/mol. The normalized spacial score (nSPS) is 12.4. The average molecular weight is 737 g/mol. The molecule has 0 bridgehead atoms. The molecule has 53 heavy (non-hydrogen) atoms. The van der Waals surface area contributed by atoms with Crippen molar-refractivity contribution in [3.8, 4) is 17.1 Å². The van der Waals surface area contributed by atoms with Crippen LogP contribution in [0.3, 0.4) is 0 Å². The van der Waals surface area contributed by atoms with E-state index >= 15 is 0 Å². The minimum atomic E-state index is -1.67. The summed E-state index contributed by atoms with van der Waals surface area (Å²) in [5, 5.41) is 26.6. The molecule has 1 aromatic heterocycles. The van der Waals surface area contributed by atoms with Gasteiger partial charge in [0.1, 0.15) is 17.6 Å². The number of hydrogen-bond donors (Lipinski definition) is 5. The van der Waals surface area contributed by atoms with Crippen molar-refractivity contribution in [3.63, 3.8) is 0 Å². The quantitative estimate of drug-likeness (QED) is 0.0426. The Morgan fingerprint density at radius 2 is 1.64 bits per heavy atom. The summed E-state index contributed by atoms with van der Waals surface area (Å²) in [7, 11) is 0. The summed E-state index contributed by atoms with van der Waals surface area (Å²) in [6, 6.07) is 12.9. The second-order valence-electron chi connectivity index (χ2n) is 11.8. The lowest BCUT2D eigenvalue weighted by atomic mass is 9.90. The molecule has 284 valence electrons. The molecule has 3 atom stereocenters. The van der Waals surface area contributed by atoms with Gasteiger partial charge in [-0.1, -0.05) is 57.4 Å². The van der Waals surface area contributed by atoms with Crippen LogP contribution in [-0.2, 0) is 24.0 Å². The van der Waals surface area contributed by atoms with Gasteiger partial charge in [-0.05, 0) is 56.2 Å². The minimum absolute atomic E-state index is 0.0450. The van der Waals surface area contributed by atoms with E-state index in [2.05, 4.69) is 16.0 Å². The Balaban J connectivity index is 1.68. The van der Waals surface area contributed by atoms with Gasteiger partial charge in [0.15, 0.2) is 5.76 Å². The monoisotopic (exact) mass is 736 g/mol. The maximum Gasteiger partial charge on any atom is 0.363 e. The van der Waals surface area contributed by atoms with Crippen LogP contribution in [-0.4, -0.2) is 82.7 Å². The fraction of sp³-hybridized carbons (Fsp3) is 0.378. The molecule has 0 aliphatic heterocycles. The molecule has 0 radical (unpaired) electrons. The standard InChI is InChI=1S/C37H44N4O12/c1-4-7-9-14-25(28(5-2)41(22-42)53-37(50)23-12-10-8-11-13-23)33(45)38-21-39-35(47)30-18-17-29(52-30)24-15-16-26(31(19-24)51-6-3)34(46)40-27(36(48)49)20-32(43)44/h8,10-13,15-19,22,25,27-28H,4-7,9,14,20-21H2,1-3H3,(H,38,45)(H,39,47)(H,40,46)(H,43,44)(H,48,49)/t25-,27+,28-/m1/s1. The topological polar surface area (TPSA) is 231 Å². The van der Waals surface area contributed by atoms with Gasteiger partial charge in [0.2, 0.25) is 12.3 Å². The van der Waals surface area contributed by atoms with Crippen molar-refractivity contribution in [2.45, 2.75) is 71.4 Å². The first-order valence-electron chi connectivity index (χ1n) is 17.1. The molecule has 2 aromatic carbocycles. The molecule has 1 heterocycles. The van der Waals surface area contributed by atoms with Crippen LogP contribution in [0.1, 0.15) is 90.6 Å². The van der Waals surface area contributed by atoms with Crippen LogP contribution in [0.15, 0.2) is 65.1 Å². The fourth-order valence-corrected chi connectivity index (χ4v) is 5.44. The molecule has 5 N–H and O–H groups in total. The number of amides is 4. The predicted molar refractivity (Wildman–Crippen MR) is 188 cm³/mol. The lowest BCUT2D eigenvalue weighted by molar-refractivity contribution is -0.171. The SMILES string of the molecule is CCCCC[C@@H](C(=O)NCNC(=O)c1ccc(-c2ccc(C(=O)N[C@@H](CC(=O)O)C(=O)O)c(OCC)c2)o1)[C@@H](CC)N(C=O)OC(=O)c1ccccc1. The molecule has 0 aliphatic rings. The molecule has 0 spiro atoms. The number of ether oxygens (including phenoxy) is 1. The highest BCUT2D eigenvalue weighted by Crippen LogP contribution is 2.29. The summed E-state index contributed by atoms with van der Waals surface area (Å²) in [4.78, 5) is 91.9. The fourth-order valence-electron chi connectivity index (χ4n) is 5.44. The summed E-state index contributed by atoms with van der Waals surface area (Å²) in [5.74, 6) is -6.21. The van der Waals surface area contributed by atoms with E-state index in [4.69, 9.17) is 19.1 Å². The highest BCUT2D eigenvalue weighted by molar-refractivity contribution is 6.00. The van der Waals surface area contributed by atoms with Gasteiger partial charge in [-0.3, -0.25) is 24.0 Å². The van der Waals surface area contributed by atoms with Crippen LogP contribution >= 0.6 is 0 Å². The molecule has 4 amide bonds. The number of nitrogens with one attached hydrogen (secondary N) is 3. The Labute approximate surface area is 305 Å². The number of benzene rings is 2. The Morgan fingerprint density at radius 1 is 0.906 bits per heavy atom. The molecule has 0 saturated heterocycles. The summed E-state index contributed by atoms with van der Waals surface area (Å²) in [6.07, 6.45) is 2.65. The Kier molecular flexibility index (Phi) is 16.0. The third-order valence-electron chi connectivity index (χ3n) is 8.10. The van der Waals surface area contributed by atoms with Gasteiger partial charge in [0.05, 0.1) is 42.8 Å². The van der Waals surface area contributed by atoms with Crippen molar-refractivity contribution >= 4 is 42.0 Å². The highest BCUT2D eigenvalue weighted by Gasteiger charge is 2.34. The van der Waals surface area contributed by atoms with E-state index in [1.807, 2.05) is 6.92 Å². The first-order valence-corrected chi connectivity index (χ1v) is 17.1. The molecule has 0 aliphatic carbocycles. The van der Waals surface area contributed by atoms with Gasteiger partial charge in [0.25, 0.3) is 11.8 Å². The number of hydrogen-bond acceptors (Lipinski definition) is 10. The average Bonchev–Trinajstić information content (AvgIpc) is 3.64. The summed E-state index contributed by atoms with van der Waals surface area (Å²) >= 11 is 0. The number of carboxylic acid groups (broad SMARTS) is 2. The molecule has 0 unspecified atom stereocenters. The third-order valence-corrected chi connectivity index (χ3v) is 8.10. The largest absolute Gasteiger partial charge is 0.493 e. The van der Waals surface area contributed by atoms with E-state index in [1.165, 1.54) is 30.3 Å². The number of nitrogens with zero attached hydrogens (tertiary/aromatic N) is 1. The van der Waals surface area contributed by atoms with Gasteiger partial charge < -0.3 is 40.2 Å². The lowest BCUT2D eigenvalue weighted by Crippen LogP contribution is -2.49. The van der Waals surface area contributed by atoms with Crippen molar-refractivity contribution in [2.24, 2.45) is 5.92 Å². The number of carboxylic acids is 2. The van der Waals surface area contributed by atoms with Crippen LogP contribution in [0.5, 0.6) is 5.75 Å². The number of carbonyl (C=O) groups is 7. The van der Waals surface area contributed by atoms with E-state index < -0.39 is 60.1 Å². The summed E-state index contributed by atoms with van der Waals surface area (Å²) in [6.45, 7) is 5.31. The number of aliphatic carboxylic acids is 2. The van der Waals surface area contributed by atoms with Gasteiger partial charge in [-0.25, -0.2) is 9.59 Å². The van der Waals surface area contributed by atoms with Gasteiger partial charge in [-0.15, -0.1) is 0 Å². The van der Waals surface area contributed by atoms with Crippen molar-refractivity contribution in [3.05, 3.63) is 77.6 Å². The van der Waals surface area contributed by atoms with Crippen LogP contribution in [0.2, 0.25) is 0 Å². The minimum Gasteiger partial charge on any atom is -0.493 e. The van der Waals surface area contributed by atoms with Crippen LogP contribution < -0.4 is 20.7 Å². The zero-order valence-electron chi connectivity index (χ0n) is 29.7. The van der Waals surface area contributed by atoms with Crippen molar-refractivity contribution in [1.29, 1.82) is 0 Å². The van der Waals surface area contributed by atoms with E-state index in [1.54, 1.807) is 44.2 Å². The molecule has 0 fully saturated rings. The van der Waals surface area contributed by atoms with Crippen molar-refractivity contribution in [1.82, 2.24) is 21.0 Å². The smallest absolute Gasteiger partial charge is 0.363 e. The van der Waals surface area contributed by atoms with E-state index in [9.17, 15) is 38.7 Å². The van der Waals surface area contributed by atoms with E-state index in [0.717, 1.165) is 17.9 Å². The molecular formula is C37H44N4O12. The number of unbranched alkanes of at least 4 members (excludes halogenated alkanes) is 2. The summed E-state index contributed by atoms with van der Waals surface area (Å²) in [5.41, 5.74) is 0.604. The maximum atomic E-state index is 13.5. The van der Waals surface area contributed by atoms with Crippen LogP contribution in [0.4, 0.5) is 0 Å². The molecule has 16 nitrogen and oxygen atoms in total. The first kappa shape index (κ1) is 41.2. The van der Waals surface area contributed by atoms with Gasteiger partial charge in [-0.2, -0.15) is 5.06 Å². The number of furan rings is 1. The Bertz CT molecular complexity index is 1740. The maximum absolute atomic E-state index is 13.5. The van der Waals surface area contributed by atoms with Gasteiger partial charge in [0, 0.05) is 5.56 Å². The summed E-state index contributed by atoms with van der Waals surface area (Å²) < 4.78 is 11.3. The molecule has 3 rings (SSSR count). The van der Waals surface area contributed by atoms with Crippen LogP contribution in [0, 0.1) is 5.92 Å². The number of rotatable bonds is 22. The second-order valence-corrected chi connectivity index (χ2v) is 11.8. The predicted octanol–water partition coefficient (Wildman–Crippen LogP) is 4.01. The molecule has 0 saturated carbocycles. The van der Waals surface area contributed by atoms with Crippen LogP contribution in [0.25, 0.3) is 11.3 Å². The first-order chi connectivity index (χ1) is 25.4. The third kappa shape index (κ3) is 11.9. The van der Waals surface area contributed by atoms with Gasteiger partial charge >= 0.3 is 17.9 Å². The van der Waals surface area contributed by atoms with E-state index in [-0.39, 0.29) is 41.7 Å². The van der Waals surface area contributed by atoms with E-state index in [0.29, 0.717) is 31.2 Å². The Hall–Kier alpha value is -6.19. The highest BCUT2D eigenvalue weighted by atomic mass is 16.7. The zero-order valence-corrected chi connectivity index (χ0v) is 29.7. The molecule has 3 aromatic rings. The lowest BCUT2D eigenvalue weighted by Gasteiger charge is -2.31. The second kappa shape index (κ2) is 20.6. The number of carbonyl (C=O) groups excluding carboxylic acids is 5. The Morgan fingerprint density at radius 3 is 2.26 bits per heavy atom. The molecule has 16 heteroatoms. The van der Waals surface area contributed by atoms with Crippen molar-refractivity contribution in [2.75, 3.05) is 13.3 Å². The zero-order chi connectivity index (χ0) is 38.9. The number of hydroxylamine groups is 2.